The number of likely N-dealkylation sites (tertiary alicyclic amines) is 1. The highest BCUT2D eigenvalue weighted by Gasteiger charge is 2.30. The van der Waals surface area contributed by atoms with Crippen LogP contribution in [0.25, 0.3) is 22.4 Å². The van der Waals surface area contributed by atoms with Crippen LogP contribution in [0.3, 0.4) is 0 Å². The van der Waals surface area contributed by atoms with Gasteiger partial charge in [0, 0.05) is 47.8 Å². The quantitative estimate of drug-likeness (QED) is 0.164. The summed E-state index contributed by atoms with van der Waals surface area (Å²) in [6, 6.07) is 15.8. The van der Waals surface area contributed by atoms with Crippen molar-refractivity contribution in [2.45, 2.75) is 57.9 Å². The van der Waals surface area contributed by atoms with Crippen LogP contribution in [0.2, 0.25) is 10.0 Å². The predicted octanol–water partition coefficient (Wildman–Crippen LogP) is 5.71. The number of nitrogens with zero attached hydrogens (tertiary/aromatic N) is 5. The maximum atomic E-state index is 11.5. The number of carbonyl (C=O) groups excluding carboxylic acids is 1. The number of nitrogens with one attached hydrogen (secondary N) is 2. The molecule has 0 spiro atoms. The number of pyridine rings is 1. The lowest BCUT2D eigenvalue weighted by Crippen LogP contribution is -2.36. The minimum atomic E-state index is -0.728. The third kappa shape index (κ3) is 7.52. The molecule has 2 aromatic carbocycles. The van der Waals surface area contributed by atoms with Crippen LogP contribution in [0.5, 0.6) is 11.8 Å². The molecule has 2 saturated heterocycles. The number of aromatic nitrogens is 3. The molecule has 1 atom stereocenters. The molecule has 14 heteroatoms. The largest absolute Gasteiger partial charge is 0.481 e. The van der Waals surface area contributed by atoms with Crippen molar-refractivity contribution < 1.29 is 24.2 Å². The van der Waals surface area contributed by atoms with Crippen LogP contribution in [-0.2, 0) is 35.8 Å². The van der Waals surface area contributed by atoms with E-state index < -0.39 is 5.97 Å². The lowest BCUT2D eigenvalue weighted by atomic mass is 9.97. The fraction of sp³-hybridized carbons (Fsp3) is 0.395. The summed E-state index contributed by atoms with van der Waals surface area (Å²) >= 11 is 14.3. The van der Waals surface area contributed by atoms with E-state index in [1.165, 1.54) is 0 Å². The normalized spacial score (nSPS) is 17.7. The highest BCUT2D eigenvalue weighted by molar-refractivity contribution is 6.39. The van der Waals surface area contributed by atoms with Gasteiger partial charge in [0.15, 0.2) is 0 Å². The van der Waals surface area contributed by atoms with Crippen molar-refractivity contribution in [1.82, 2.24) is 30.5 Å². The first-order valence-electron chi connectivity index (χ1n) is 17.5. The van der Waals surface area contributed by atoms with Gasteiger partial charge in [-0.25, -0.2) is 9.97 Å². The maximum Gasteiger partial charge on any atom is 0.306 e. The molecular formula is C38H41Cl2N7O5. The van der Waals surface area contributed by atoms with E-state index in [1.807, 2.05) is 48.5 Å². The van der Waals surface area contributed by atoms with Crippen LogP contribution in [0, 0.1) is 5.92 Å². The number of fused-ring (bicyclic) bond motifs is 1. The highest BCUT2D eigenvalue weighted by atomic mass is 35.5. The van der Waals surface area contributed by atoms with Crippen LogP contribution in [0.15, 0.2) is 48.5 Å². The van der Waals surface area contributed by atoms with Crippen LogP contribution >= 0.6 is 23.2 Å². The van der Waals surface area contributed by atoms with Gasteiger partial charge in [0.1, 0.15) is 5.82 Å². The molecule has 2 fully saturated rings. The molecule has 12 nitrogen and oxygen atoms in total. The van der Waals surface area contributed by atoms with Crippen molar-refractivity contribution >= 4 is 40.8 Å². The molecule has 0 bridgehead atoms. The molecule has 0 saturated carbocycles. The van der Waals surface area contributed by atoms with Crippen molar-refractivity contribution in [3.63, 3.8) is 0 Å². The molecule has 5 heterocycles. The molecule has 7 rings (SSSR count). The van der Waals surface area contributed by atoms with Crippen LogP contribution < -0.4 is 25.0 Å². The average molecular weight is 747 g/mol. The molecule has 3 N–H and O–H groups in total. The first-order chi connectivity index (χ1) is 25.2. The molecule has 272 valence electrons. The van der Waals surface area contributed by atoms with E-state index in [4.69, 9.17) is 47.6 Å². The molecular weight excluding hydrogens is 705 g/mol. The minimum Gasteiger partial charge on any atom is -0.481 e. The Bertz CT molecular complexity index is 1990. The number of carbonyl (C=O) groups is 2. The fourth-order valence-corrected chi connectivity index (χ4v) is 7.95. The summed E-state index contributed by atoms with van der Waals surface area (Å²) in [5.74, 6) is 0.770. The van der Waals surface area contributed by atoms with Crippen molar-refractivity contribution in [2.24, 2.45) is 5.92 Å². The highest BCUT2D eigenvalue weighted by Crippen LogP contribution is 2.44. The Balaban J connectivity index is 1.08. The number of rotatable bonds is 12. The molecule has 0 radical (unpaired) electrons. The molecule has 4 aromatic rings. The van der Waals surface area contributed by atoms with Gasteiger partial charge in [-0.05, 0) is 44.5 Å². The molecule has 52 heavy (non-hydrogen) atoms. The number of piperidine rings is 1. The van der Waals surface area contributed by atoms with Gasteiger partial charge in [-0.2, -0.15) is 4.98 Å². The predicted molar refractivity (Wildman–Crippen MR) is 199 cm³/mol. The standard InChI is InChI=1S/C38H41Cl2N7O5/c1-51-36-23(17-41-18-24-10-12-33(48)42-24)9-11-29(44-36)27-7-3-5-25(34(27)39)26-6-4-8-31(35(26)40)47-19-28-30(20-47)43-32(45-37(28)52-2)21-46-15-13-22(14-16-46)38(49)50/h3-9,11,22,24,41H,10,12-21H2,1-2H3,(H,42,48)(H,49,50)/t24-/m0/s1. The van der Waals surface area contributed by atoms with Gasteiger partial charge in [0.2, 0.25) is 17.7 Å². The van der Waals surface area contributed by atoms with Gasteiger partial charge in [0.25, 0.3) is 0 Å². The van der Waals surface area contributed by atoms with Crippen molar-refractivity contribution in [1.29, 1.82) is 0 Å². The van der Waals surface area contributed by atoms with Crippen molar-refractivity contribution in [3.8, 4) is 34.1 Å². The van der Waals surface area contributed by atoms with E-state index >= 15 is 0 Å². The van der Waals surface area contributed by atoms with E-state index in [2.05, 4.69) is 20.4 Å². The van der Waals surface area contributed by atoms with Gasteiger partial charge >= 0.3 is 5.97 Å². The number of carboxylic acids is 1. The SMILES string of the molecule is COc1nc(-c2cccc(-c3cccc(N4Cc5nc(CN6CCC(C(=O)O)CC6)nc(OC)c5C4)c3Cl)c2Cl)ccc1CNC[C@@H]1CCC(=O)N1. The van der Waals surface area contributed by atoms with Crippen molar-refractivity contribution in [3.05, 3.63) is 81.2 Å². The Hall–Kier alpha value is -4.49. The summed E-state index contributed by atoms with van der Waals surface area (Å²) < 4.78 is 11.4. The van der Waals surface area contributed by atoms with Gasteiger partial charge < -0.3 is 30.1 Å². The molecule has 0 aliphatic carbocycles. The lowest BCUT2D eigenvalue weighted by Gasteiger charge is -2.29. The van der Waals surface area contributed by atoms with E-state index in [1.54, 1.807) is 14.2 Å². The Morgan fingerprint density at radius 2 is 1.65 bits per heavy atom. The maximum absolute atomic E-state index is 11.5. The van der Waals surface area contributed by atoms with E-state index in [0.29, 0.717) is 98.4 Å². The summed E-state index contributed by atoms with van der Waals surface area (Å²) in [5.41, 5.74) is 6.53. The number of hydrogen-bond donors (Lipinski definition) is 3. The third-order valence-electron chi connectivity index (χ3n) is 10.1. The van der Waals surface area contributed by atoms with E-state index in [-0.39, 0.29) is 17.9 Å². The number of amides is 1. The number of halogens is 2. The minimum absolute atomic E-state index is 0.0959. The van der Waals surface area contributed by atoms with E-state index in [9.17, 15) is 14.7 Å². The molecule has 1 amide bonds. The topological polar surface area (TPSA) is 142 Å². The Morgan fingerprint density at radius 3 is 2.37 bits per heavy atom. The molecule has 0 unspecified atom stereocenters. The van der Waals surface area contributed by atoms with Gasteiger partial charge in [-0.1, -0.05) is 59.6 Å². The van der Waals surface area contributed by atoms with E-state index in [0.717, 1.165) is 45.6 Å². The molecule has 2 aromatic heterocycles. The fourth-order valence-electron chi connectivity index (χ4n) is 7.27. The second-order valence-corrected chi connectivity index (χ2v) is 14.2. The van der Waals surface area contributed by atoms with Gasteiger partial charge in [-0.3, -0.25) is 14.5 Å². The second-order valence-electron chi connectivity index (χ2n) is 13.4. The number of methoxy groups -OCH3 is 2. The summed E-state index contributed by atoms with van der Waals surface area (Å²) in [7, 11) is 3.21. The number of hydrogen-bond acceptors (Lipinski definition) is 10. The Morgan fingerprint density at radius 1 is 0.923 bits per heavy atom. The van der Waals surface area contributed by atoms with Crippen LogP contribution in [0.1, 0.15) is 48.3 Å². The summed E-state index contributed by atoms with van der Waals surface area (Å²) in [6.07, 6.45) is 2.63. The zero-order chi connectivity index (χ0) is 36.4. The lowest BCUT2D eigenvalue weighted by molar-refractivity contribution is -0.143. The Labute approximate surface area is 312 Å². The smallest absolute Gasteiger partial charge is 0.306 e. The first-order valence-corrected chi connectivity index (χ1v) is 18.2. The zero-order valence-corrected chi connectivity index (χ0v) is 30.6. The summed E-state index contributed by atoms with van der Waals surface area (Å²) in [4.78, 5) is 41.7. The first kappa shape index (κ1) is 35.9. The van der Waals surface area contributed by atoms with Crippen molar-refractivity contribution in [2.75, 3.05) is 38.8 Å². The summed E-state index contributed by atoms with van der Waals surface area (Å²) in [5, 5.41) is 16.8. The monoisotopic (exact) mass is 745 g/mol. The number of ether oxygens (including phenoxy) is 2. The summed E-state index contributed by atoms with van der Waals surface area (Å²) in [6.45, 7) is 4.18. The van der Waals surface area contributed by atoms with Gasteiger partial charge in [0.05, 0.1) is 72.5 Å². The third-order valence-corrected chi connectivity index (χ3v) is 10.9. The molecule has 3 aliphatic rings. The number of aliphatic carboxylic acids is 1. The average Bonchev–Trinajstić information content (AvgIpc) is 3.77. The number of anilines is 1. The number of carboxylic acid groups (broad SMARTS) is 1. The van der Waals surface area contributed by atoms with Crippen LogP contribution in [-0.4, -0.2) is 76.7 Å². The zero-order valence-electron chi connectivity index (χ0n) is 29.1. The number of benzene rings is 2. The second kappa shape index (κ2) is 15.6. The Kier molecular flexibility index (Phi) is 10.8. The van der Waals surface area contributed by atoms with Gasteiger partial charge in [-0.15, -0.1) is 0 Å². The van der Waals surface area contributed by atoms with Crippen LogP contribution in [0.4, 0.5) is 5.69 Å². The molecule has 3 aliphatic heterocycles.